The fraction of sp³-hybridized carbons (Fsp3) is 0.417. The number of amides is 1. The van der Waals surface area contributed by atoms with Crippen LogP contribution < -0.4 is 5.32 Å². The number of nitrogens with one attached hydrogen (secondary N) is 1. The van der Waals surface area contributed by atoms with Crippen molar-refractivity contribution >= 4 is 11.9 Å². The number of rotatable bonds is 6. The van der Waals surface area contributed by atoms with E-state index in [1.807, 2.05) is 13.0 Å². The lowest BCUT2D eigenvalue weighted by Crippen LogP contribution is -2.42. The summed E-state index contributed by atoms with van der Waals surface area (Å²) in [5.41, 5.74) is 1.49. The molecule has 1 aromatic rings. The maximum atomic E-state index is 11.7. The molecule has 0 aromatic carbocycles. The molecular formula is C12H16N2O4. The Morgan fingerprint density at radius 1 is 1.50 bits per heavy atom. The van der Waals surface area contributed by atoms with E-state index >= 15 is 0 Å². The second-order valence-corrected chi connectivity index (χ2v) is 3.91. The molecule has 0 fully saturated rings. The summed E-state index contributed by atoms with van der Waals surface area (Å²) in [5.74, 6) is -1.58. The van der Waals surface area contributed by atoms with Crippen LogP contribution in [0, 0.1) is 6.92 Å². The van der Waals surface area contributed by atoms with Gasteiger partial charge in [0.15, 0.2) is 0 Å². The number of carbonyl (C=O) groups is 2. The zero-order valence-electron chi connectivity index (χ0n) is 10.1. The summed E-state index contributed by atoms with van der Waals surface area (Å²) in [6.45, 7) is 1.54. The second kappa shape index (κ2) is 6.70. The summed E-state index contributed by atoms with van der Waals surface area (Å²) in [6, 6.07) is 2.53. The molecule has 1 aromatic heterocycles. The summed E-state index contributed by atoms with van der Waals surface area (Å²) >= 11 is 0. The first-order valence-corrected chi connectivity index (χ1v) is 5.58. The highest BCUT2D eigenvalue weighted by molar-refractivity contribution is 5.84. The maximum absolute atomic E-state index is 11.7. The van der Waals surface area contributed by atoms with Gasteiger partial charge >= 0.3 is 5.97 Å². The van der Waals surface area contributed by atoms with Crippen LogP contribution in [-0.2, 0) is 16.0 Å². The molecule has 0 aliphatic heterocycles. The number of carbonyl (C=O) groups excluding carboxylic acids is 1. The van der Waals surface area contributed by atoms with Gasteiger partial charge in [0.2, 0.25) is 5.91 Å². The molecule has 6 heteroatoms. The molecule has 1 heterocycles. The van der Waals surface area contributed by atoms with E-state index in [2.05, 4.69) is 10.3 Å². The van der Waals surface area contributed by atoms with Crippen molar-refractivity contribution < 1.29 is 19.8 Å². The highest BCUT2D eigenvalue weighted by Crippen LogP contribution is 2.04. The zero-order valence-corrected chi connectivity index (χ0v) is 10.1. The monoisotopic (exact) mass is 252 g/mol. The second-order valence-electron chi connectivity index (χ2n) is 3.91. The molecule has 0 aliphatic carbocycles. The van der Waals surface area contributed by atoms with Gasteiger partial charge in [-0.1, -0.05) is 6.07 Å². The number of hydrogen-bond acceptors (Lipinski definition) is 4. The number of nitrogens with zero attached hydrogens (tertiary/aromatic N) is 1. The van der Waals surface area contributed by atoms with Gasteiger partial charge in [0.05, 0.1) is 12.1 Å². The van der Waals surface area contributed by atoms with Gasteiger partial charge < -0.3 is 15.5 Å². The van der Waals surface area contributed by atoms with Crippen molar-refractivity contribution in [3.05, 3.63) is 29.6 Å². The lowest BCUT2D eigenvalue weighted by molar-refractivity contribution is -0.142. The number of pyridine rings is 1. The third-order valence-electron chi connectivity index (χ3n) is 2.50. The average molecular weight is 252 g/mol. The minimum Gasteiger partial charge on any atom is -0.480 e. The van der Waals surface area contributed by atoms with E-state index in [-0.39, 0.29) is 19.4 Å². The van der Waals surface area contributed by atoms with Crippen molar-refractivity contribution in [2.75, 3.05) is 6.61 Å². The Morgan fingerprint density at radius 3 is 2.78 bits per heavy atom. The van der Waals surface area contributed by atoms with Crippen LogP contribution in [0.3, 0.4) is 0 Å². The van der Waals surface area contributed by atoms with Gasteiger partial charge in [-0.05, 0) is 18.6 Å². The van der Waals surface area contributed by atoms with Gasteiger partial charge in [0.1, 0.15) is 6.04 Å². The Labute approximate surface area is 105 Å². The first-order chi connectivity index (χ1) is 8.54. The van der Waals surface area contributed by atoms with Crippen molar-refractivity contribution in [1.29, 1.82) is 0 Å². The maximum Gasteiger partial charge on any atom is 0.326 e. The summed E-state index contributed by atoms with van der Waals surface area (Å²) in [5, 5.41) is 19.9. The number of carboxylic acids is 1. The normalized spacial score (nSPS) is 11.9. The Kier molecular flexibility index (Phi) is 5.26. The lowest BCUT2D eigenvalue weighted by Gasteiger charge is -2.13. The van der Waals surface area contributed by atoms with Crippen molar-refractivity contribution in [3.8, 4) is 0 Å². The van der Waals surface area contributed by atoms with Crippen LogP contribution in [-0.4, -0.2) is 39.7 Å². The molecule has 1 amide bonds. The van der Waals surface area contributed by atoms with Gasteiger partial charge in [-0.15, -0.1) is 0 Å². The smallest absolute Gasteiger partial charge is 0.326 e. The van der Waals surface area contributed by atoms with E-state index in [1.165, 1.54) is 0 Å². The summed E-state index contributed by atoms with van der Waals surface area (Å²) in [7, 11) is 0. The largest absolute Gasteiger partial charge is 0.480 e. The van der Waals surface area contributed by atoms with Crippen molar-refractivity contribution in [2.24, 2.45) is 0 Å². The Morgan fingerprint density at radius 2 is 2.22 bits per heavy atom. The highest BCUT2D eigenvalue weighted by atomic mass is 16.4. The minimum atomic E-state index is -1.16. The Bertz CT molecular complexity index is 434. The quantitative estimate of drug-likeness (QED) is 0.655. The molecule has 3 N–H and O–H groups in total. The van der Waals surface area contributed by atoms with Crippen LogP contribution in [0.4, 0.5) is 0 Å². The summed E-state index contributed by atoms with van der Waals surface area (Å²) in [4.78, 5) is 26.5. The molecule has 0 saturated heterocycles. The van der Waals surface area contributed by atoms with E-state index in [4.69, 9.17) is 10.2 Å². The zero-order chi connectivity index (χ0) is 13.5. The van der Waals surface area contributed by atoms with Crippen LogP contribution in [0.2, 0.25) is 0 Å². The van der Waals surface area contributed by atoms with Crippen LogP contribution in [0.5, 0.6) is 0 Å². The highest BCUT2D eigenvalue weighted by Gasteiger charge is 2.19. The van der Waals surface area contributed by atoms with Gasteiger partial charge in [-0.2, -0.15) is 0 Å². The van der Waals surface area contributed by atoms with Gasteiger partial charge in [-0.3, -0.25) is 9.78 Å². The van der Waals surface area contributed by atoms with Gasteiger partial charge in [0, 0.05) is 19.2 Å². The molecule has 0 bridgehead atoms. The average Bonchev–Trinajstić information content (AvgIpc) is 2.31. The first kappa shape index (κ1) is 14.1. The van der Waals surface area contributed by atoms with Crippen molar-refractivity contribution in [2.45, 2.75) is 25.8 Å². The van der Waals surface area contributed by atoms with E-state index in [0.29, 0.717) is 5.69 Å². The number of aromatic nitrogens is 1. The molecule has 0 radical (unpaired) electrons. The summed E-state index contributed by atoms with van der Waals surface area (Å²) in [6.07, 6.45) is 1.60. The first-order valence-electron chi connectivity index (χ1n) is 5.58. The lowest BCUT2D eigenvalue weighted by atomic mass is 10.1. The van der Waals surface area contributed by atoms with Crippen LogP contribution in [0.25, 0.3) is 0 Å². The molecule has 0 unspecified atom stereocenters. The fourth-order valence-electron chi connectivity index (χ4n) is 1.49. The fourth-order valence-corrected chi connectivity index (χ4v) is 1.49. The molecule has 0 saturated carbocycles. The topological polar surface area (TPSA) is 99.5 Å². The molecular weight excluding hydrogens is 236 g/mol. The third-order valence-corrected chi connectivity index (χ3v) is 2.50. The molecule has 6 nitrogen and oxygen atoms in total. The molecule has 98 valence electrons. The molecule has 0 spiro atoms. The molecule has 18 heavy (non-hydrogen) atoms. The predicted octanol–water partition coefficient (Wildman–Crippen LogP) is -0.116. The van der Waals surface area contributed by atoms with E-state index in [0.717, 1.165) is 5.56 Å². The molecule has 0 aliphatic rings. The minimum absolute atomic E-state index is 0.0116. The number of aliphatic hydroxyl groups excluding tert-OH is 1. The van der Waals surface area contributed by atoms with Crippen LogP contribution in [0.15, 0.2) is 18.3 Å². The van der Waals surface area contributed by atoms with Gasteiger partial charge in [0.25, 0.3) is 0 Å². The molecule has 1 rings (SSSR count). The van der Waals surface area contributed by atoms with Crippen LogP contribution >= 0.6 is 0 Å². The predicted molar refractivity (Wildman–Crippen MR) is 63.9 cm³/mol. The number of carboxylic acid groups (broad SMARTS) is 1. The Balaban J connectivity index is 2.61. The van der Waals surface area contributed by atoms with E-state index in [1.54, 1.807) is 12.3 Å². The number of hydrogen-bond donors (Lipinski definition) is 3. The van der Waals surface area contributed by atoms with Crippen LogP contribution in [0.1, 0.15) is 17.7 Å². The molecule has 1 atom stereocenters. The van der Waals surface area contributed by atoms with E-state index < -0.39 is 17.9 Å². The number of aliphatic hydroxyl groups is 1. The van der Waals surface area contributed by atoms with Crippen molar-refractivity contribution in [1.82, 2.24) is 10.3 Å². The standard InChI is InChI=1S/C12H16N2O4/c1-8-3-2-5-13-10(8)7-11(16)14-9(4-6-15)12(17)18/h2-3,5,9,15H,4,6-7H2,1H3,(H,14,16)(H,17,18)/t9-/m1/s1. The van der Waals surface area contributed by atoms with E-state index in [9.17, 15) is 9.59 Å². The number of aliphatic carboxylic acids is 1. The number of aryl methyl sites for hydroxylation is 1. The van der Waals surface area contributed by atoms with Crippen molar-refractivity contribution in [3.63, 3.8) is 0 Å². The Hall–Kier alpha value is -1.95. The third kappa shape index (κ3) is 4.14. The van der Waals surface area contributed by atoms with Gasteiger partial charge in [-0.25, -0.2) is 4.79 Å². The summed E-state index contributed by atoms with van der Waals surface area (Å²) < 4.78 is 0. The SMILES string of the molecule is Cc1cccnc1CC(=O)N[C@H](CCO)C(=O)O.